The fourth-order valence-corrected chi connectivity index (χ4v) is 2.73. The second kappa shape index (κ2) is 6.04. The first-order valence-corrected chi connectivity index (χ1v) is 7.47. The Morgan fingerprint density at radius 3 is 2.47 bits per heavy atom. The molecular weight excluding hydrogens is 238 g/mol. The third-order valence-electron chi connectivity index (χ3n) is 3.84. The van der Waals surface area contributed by atoms with Crippen molar-refractivity contribution in [3.8, 4) is 0 Å². The Hall–Kier alpha value is -0.900. The lowest BCUT2D eigenvalue weighted by Gasteiger charge is -2.26. The molecule has 0 aliphatic heterocycles. The van der Waals surface area contributed by atoms with Gasteiger partial charge in [0.2, 0.25) is 5.89 Å². The van der Waals surface area contributed by atoms with Gasteiger partial charge in [0, 0.05) is 12.0 Å². The number of hydrogen-bond donors (Lipinski definition) is 0. The zero-order valence-electron chi connectivity index (χ0n) is 12.8. The largest absolute Gasteiger partial charge is 0.338 e. The maximum Gasteiger partial charge on any atom is 0.240 e. The van der Waals surface area contributed by atoms with Crippen LogP contribution in [0.5, 0.6) is 0 Å². The van der Waals surface area contributed by atoms with Crippen LogP contribution in [0, 0.1) is 5.92 Å². The van der Waals surface area contributed by atoms with E-state index in [9.17, 15) is 0 Å². The lowest BCUT2D eigenvalue weighted by molar-refractivity contribution is 0.205. The van der Waals surface area contributed by atoms with Crippen LogP contribution in [0.4, 0.5) is 0 Å². The molecule has 1 heterocycles. The summed E-state index contributed by atoms with van der Waals surface area (Å²) in [5, 5.41) is 4.07. The summed E-state index contributed by atoms with van der Waals surface area (Å²) in [5.41, 5.74) is -0.0380. The third-order valence-corrected chi connectivity index (χ3v) is 3.84. The molecule has 4 heteroatoms. The number of hydrogen-bond acceptors (Lipinski definition) is 4. The molecule has 1 aliphatic rings. The molecule has 0 bridgehead atoms. The van der Waals surface area contributed by atoms with E-state index in [1.54, 1.807) is 0 Å². The summed E-state index contributed by atoms with van der Waals surface area (Å²) in [6.07, 6.45) is 6.96. The second-order valence-electron chi connectivity index (χ2n) is 6.96. The normalized spacial score (nSPS) is 18.2. The minimum atomic E-state index is -0.0380. The first kappa shape index (κ1) is 14.5. The van der Waals surface area contributed by atoms with E-state index >= 15 is 0 Å². The Kier molecular flexibility index (Phi) is 4.61. The van der Waals surface area contributed by atoms with E-state index in [1.165, 1.54) is 32.1 Å². The van der Waals surface area contributed by atoms with Gasteiger partial charge in [-0.05, 0) is 25.8 Å². The highest BCUT2D eigenvalue weighted by molar-refractivity contribution is 4.99. The monoisotopic (exact) mass is 265 g/mol. The average molecular weight is 265 g/mol. The molecule has 1 saturated carbocycles. The van der Waals surface area contributed by atoms with Crippen LogP contribution in [0.1, 0.15) is 64.6 Å². The molecule has 1 aromatic rings. The minimum Gasteiger partial charge on any atom is -0.338 e. The summed E-state index contributed by atoms with van der Waals surface area (Å²) in [5.74, 6) is 2.39. The van der Waals surface area contributed by atoms with Crippen molar-refractivity contribution in [3.05, 3.63) is 11.7 Å². The lowest BCUT2D eigenvalue weighted by atomic mass is 9.89. The molecule has 0 radical (unpaired) electrons. The summed E-state index contributed by atoms with van der Waals surface area (Å²) in [7, 11) is 2.15. The van der Waals surface area contributed by atoms with E-state index in [2.05, 4.69) is 42.9 Å². The van der Waals surface area contributed by atoms with E-state index < -0.39 is 0 Å². The molecule has 2 rings (SSSR count). The molecule has 0 saturated heterocycles. The molecule has 0 aromatic carbocycles. The van der Waals surface area contributed by atoms with Crippen LogP contribution < -0.4 is 0 Å². The van der Waals surface area contributed by atoms with E-state index in [0.717, 1.165) is 30.7 Å². The quantitative estimate of drug-likeness (QED) is 0.837. The van der Waals surface area contributed by atoms with E-state index in [0.29, 0.717) is 0 Å². The van der Waals surface area contributed by atoms with Gasteiger partial charge in [0.05, 0.1) is 6.54 Å². The van der Waals surface area contributed by atoms with Crippen LogP contribution in [0.25, 0.3) is 0 Å². The topological polar surface area (TPSA) is 42.2 Å². The molecule has 1 aromatic heterocycles. The van der Waals surface area contributed by atoms with Crippen molar-refractivity contribution < 1.29 is 4.52 Å². The highest BCUT2D eigenvalue weighted by Crippen LogP contribution is 2.24. The summed E-state index contributed by atoms with van der Waals surface area (Å²) in [6.45, 7) is 8.22. The van der Waals surface area contributed by atoms with Crippen molar-refractivity contribution in [3.63, 3.8) is 0 Å². The van der Waals surface area contributed by atoms with Crippen molar-refractivity contribution >= 4 is 0 Å². The average Bonchev–Trinajstić information content (AvgIpc) is 2.78. The van der Waals surface area contributed by atoms with Gasteiger partial charge in [0.25, 0.3) is 0 Å². The van der Waals surface area contributed by atoms with Gasteiger partial charge in [0.15, 0.2) is 5.82 Å². The number of rotatable bonds is 4. The van der Waals surface area contributed by atoms with Crippen molar-refractivity contribution in [1.29, 1.82) is 0 Å². The molecular formula is C15H27N3O. The fraction of sp³-hybridized carbons (Fsp3) is 0.867. The summed E-state index contributed by atoms with van der Waals surface area (Å²) >= 11 is 0. The Balaban J connectivity index is 1.84. The lowest BCUT2D eigenvalue weighted by Crippen LogP contribution is -2.26. The molecule has 108 valence electrons. The second-order valence-corrected chi connectivity index (χ2v) is 6.96. The third kappa shape index (κ3) is 4.30. The van der Waals surface area contributed by atoms with E-state index in [1.807, 2.05) is 0 Å². The zero-order chi connectivity index (χ0) is 13.9. The van der Waals surface area contributed by atoms with Crippen LogP contribution in [0.3, 0.4) is 0 Å². The van der Waals surface area contributed by atoms with Crippen molar-refractivity contribution in [2.24, 2.45) is 5.92 Å². The van der Waals surface area contributed by atoms with Gasteiger partial charge in [-0.25, -0.2) is 0 Å². The molecule has 0 unspecified atom stereocenters. The summed E-state index contributed by atoms with van der Waals surface area (Å²) < 4.78 is 5.35. The van der Waals surface area contributed by atoms with Gasteiger partial charge in [-0.3, -0.25) is 4.90 Å². The fourth-order valence-electron chi connectivity index (χ4n) is 2.73. The van der Waals surface area contributed by atoms with Crippen molar-refractivity contribution in [2.45, 2.75) is 64.8 Å². The minimum absolute atomic E-state index is 0.0380. The zero-order valence-corrected chi connectivity index (χ0v) is 12.8. The highest BCUT2D eigenvalue weighted by Gasteiger charge is 2.22. The first-order chi connectivity index (χ1) is 8.95. The van der Waals surface area contributed by atoms with Crippen LogP contribution in [-0.4, -0.2) is 28.6 Å². The van der Waals surface area contributed by atoms with E-state index in [4.69, 9.17) is 4.52 Å². The maximum absolute atomic E-state index is 5.35. The number of nitrogens with zero attached hydrogens (tertiary/aromatic N) is 3. The summed E-state index contributed by atoms with van der Waals surface area (Å²) in [4.78, 5) is 6.81. The van der Waals surface area contributed by atoms with Gasteiger partial charge in [0.1, 0.15) is 0 Å². The van der Waals surface area contributed by atoms with Crippen LogP contribution in [-0.2, 0) is 12.0 Å². The van der Waals surface area contributed by atoms with Crippen molar-refractivity contribution in [2.75, 3.05) is 13.6 Å². The predicted octanol–water partition coefficient (Wildman–Crippen LogP) is 3.38. The first-order valence-electron chi connectivity index (χ1n) is 7.47. The van der Waals surface area contributed by atoms with Gasteiger partial charge in [-0.15, -0.1) is 0 Å². The Morgan fingerprint density at radius 2 is 1.89 bits per heavy atom. The molecule has 1 aliphatic carbocycles. The molecule has 4 nitrogen and oxygen atoms in total. The molecule has 0 N–H and O–H groups in total. The highest BCUT2D eigenvalue weighted by atomic mass is 16.5. The standard InChI is InChI=1S/C15H27N3O/c1-15(2,3)14-16-13(19-17-14)11-18(4)10-12-8-6-5-7-9-12/h12H,5-11H2,1-4H3. The van der Waals surface area contributed by atoms with Crippen molar-refractivity contribution in [1.82, 2.24) is 15.0 Å². The SMILES string of the molecule is CN(Cc1nc(C(C)(C)C)no1)CC1CCCCC1. The smallest absolute Gasteiger partial charge is 0.240 e. The molecule has 0 spiro atoms. The van der Waals surface area contributed by atoms with Crippen LogP contribution in [0.2, 0.25) is 0 Å². The van der Waals surface area contributed by atoms with E-state index in [-0.39, 0.29) is 5.41 Å². The molecule has 0 amide bonds. The maximum atomic E-state index is 5.35. The van der Waals surface area contributed by atoms with Crippen LogP contribution >= 0.6 is 0 Å². The molecule has 1 fully saturated rings. The van der Waals surface area contributed by atoms with Gasteiger partial charge < -0.3 is 4.52 Å². The van der Waals surface area contributed by atoms with Gasteiger partial charge in [-0.2, -0.15) is 4.98 Å². The Morgan fingerprint density at radius 1 is 1.21 bits per heavy atom. The number of aromatic nitrogens is 2. The molecule has 19 heavy (non-hydrogen) atoms. The van der Waals surface area contributed by atoms with Crippen LogP contribution in [0.15, 0.2) is 4.52 Å². The Bertz CT molecular complexity index is 388. The van der Waals surface area contributed by atoms with Gasteiger partial charge >= 0.3 is 0 Å². The summed E-state index contributed by atoms with van der Waals surface area (Å²) in [6, 6.07) is 0. The van der Waals surface area contributed by atoms with Gasteiger partial charge in [-0.1, -0.05) is 45.2 Å². The Labute approximate surface area is 116 Å². The molecule has 0 atom stereocenters. The predicted molar refractivity (Wildman–Crippen MR) is 75.9 cm³/mol.